The largest absolute Gasteiger partial charge is 0.462 e. The van der Waals surface area contributed by atoms with Gasteiger partial charge in [0.1, 0.15) is 11.5 Å². The number of H-pyrrole nitrogens is 1. The summed E-state index contributed by atoms with van der Waals surface area (Å²) in [6, 6.07) is 4.97. The van der Waals surface area contributed by atoms with E-state index in [4.69, 9.17) is 9.47 Å². The van der Waals surface area contributed by atoms with Crippen LogP contribution in [-0.2, 0) is 9.47 Å². The fraction of sp³-hybridized carbons (Fsp3) is 0.316. The van der Waals surface area contributed by atoms with Crippen LogP contribution in [0.5, 0.6) is 0 Å². The minimum absolute atomic E-state index is 0.0873. The predicted molar refractivity (Wildman–Crippen MR) is 91.8 cm³/mol. The number of carbonyl (C=O) groups excluding carboxylic acids is 3. The van der Waals surface area contributed by atoms with Gasteiger partial charge in [0.15, 0.2) is 6.10 Å². The van der Waals surface area contributed by atoms with Gasteiger partial charge < -0.3 is 14.5 Å². The van der Waals surface area contributed by atoms with E-state index < -0.39 is 29.6 Å². The zero-order valence-corrected chi connectivity index (χ0v) is 15.0. The molecule has 6 nitrogen and oxygen atoms in total. The number of aryl methyl sites for hydroxylation is 1. The van der Waals surface area contributed by atoms with E-state index in [0.29, 0.717) is 11.3 Å². The van der Waals surface area contributed by atoms with Gasteiger partial charge in [-0.15, -0.1) is 0 Å². The highest BCUT2D eigenvalue weighted by Gasteiger charge is 2.26. The Morgan fingerprint density at radius 2 is 1.73 bits per heavy atom. The van der Waals surface area contributed by atoms with Gasteiger partial charge >= 0.3 is 11.9 Å². The van der Waals surface area contributed by atoms with Crippen LogP contribution in [0.4, 0.5) is 4.39 Å². The van der Waals surface area contributed by atoms with Crippen molar-refractivity contribution in [1.29, 1.82) is 0 Å². The van der Waals surface area contributed by atoms with Crippen molar-refractivity contribution < 1.29 is 28.2 Å². The van der Waals surface area contributed by atoms with Gasteiger partial charge in [-0.3, -0.25) is 4.79 Å². The number of benzene rings is 1. The van der Waals surface area contributed by atoms with Crippen LogP contribution in [0.1, 0.15) is 56.3 Å². The molecule has 0 amide bonds. The molecule has 26 heavy (non-hydrogen) atoms. The number of nitrogens with one attached hydrogen (secondary N) is 1. The Bertz CT molecular complexity index is 838. The van der Waals surface area contributed by atoms with Gasteiger partial charge in [-0.05, 0) is 57.5 Å². The highest BCUT2D eigenvalue weighted by Crippen LogP contribution is 2.20. The summed E-state index contributed by atoms with van der Waals surface area (Å²) < 4.78 is 23.1. The summed E-state index contributed by atoms with van der Waals surface area (Å²) in [6.45, 7) is 6.57. The van der Waals surface area contributed by atoms with Crippen LogP contribution in [0.3, 0.4) is 0 Å². The second kappa shape index (κ2) is 7.95. The van der Waals surface area contributed by atoms with Crippen molar-refractivity contribution >= 4 is 17.7 Å². The minimum atomic E-state index is -1.07. The number of hydrogen-bond acceptors (Lipinski definition) is 5. The van der Waals surface area contributed by atoms with Crippen LogP contribution in [-0.4, -0.2) is 35.4 Å². The van der Waals surface area contributed by atoms with Crippen molar-refractivity contribution in [3.8, 4) is 0 Å². The monoisotopic (exact) mass is 361 g/mol. The van der Waals surface area contributed by atoms with Gasteiger partial charge in [-0.25, -0.2) is 14.0 Å². The molecule has 2 rings (SSSR count). The second-order valence-corrected chi connectivity index (χ2v) is 5.76. The van der Waals surface area contributed by atoms with Crippen LogP contribution < -0.4 is 0 Å². The Hall–Kier alpha value is -2.96. The molecule has 0 radical (unpaired) electrons. The molecule has 0 fully saturated rings. The quantitative estimate of drug-likeness (QED) is 0.630. The highest BCUT2D eigenvalue weighted by molar-refractivity contribution is 6.02. The molecule has 2 aromatic rings. The first-order valence-corrected chi connectivity index (χ1v) is 8.13. The third-order valence-electron chi connectivity index (χ3n) is 3.90. The van der Waals surface area contributed by atoms with Gasteiger partial charge in [-0.2, -0.15) is 0 Å². The normalized spacial score (nSPS) is 11.7. The zero-order valence-electron chi connectivity index (χ0n) is 15.0. The van der Waals surface area contributed by atoms with E-state index >= 15 is 0 Å². The van der Waals surface area contributed by atoms with E-state index in [2.05, 4.69) is 4.98 Å². The van der Waals surface area contributed by atoms with Gasteiger partial charge in [0.25, 0.3) is 0 Å². The predicted octanol–water partition coefficient (Wildman–Crippen LogP) is 3.38. The lowest BCUT2D eigenvalue weighted by Crippen LogP contribution is -2.25. The van der Waals surface area contributed by atoms with Gasteiger partial charge in [0.05, 0.1) is 12.2 Å². The Balaban J connectivity index is 2.17. The van der Waals surface area contributed by atoms with Crippen LogP contribution in [0.15, 0.2) is 24.3 Å². The molecular formula is C19H20FNO5. The molecule has 0 saturated carbocycles. The highest BCUT2D eigenvalue weighted by atomic mass is 19.1. The van der Waals surface area contributed by atoms with E-state index in [9.17, 15) is 18.8 Å². The van der Waals surface area contributed by atoms with Crippen molar-refractivity contribution in [2.24, 2.45) is 0 Å². The molecule has 0 aliphatic rings. The molecule has 0 aliphatic heterocycles. The van der Waals surface area contributed by atoms with Crippen molar-refractivity contribution in [3.05, 3.63) is 58.2 Å². The first-order chi connectivity index (χ1) is 12.3. The molecule has 0 unspecified atom stereocenters. The van der Waals surface area contributed by atoms with Crippen LogP contribution in [0.25, 0.3) is 0 Å². The number of halogens is 1. The number of Topliss-reactive ketones (excluding diaryl/α,β-unsaturated/α-hetero) is 1. The van der Waals surface area contributed by atoms with Gasteiger partial charge in [0.2, 0.25) is 5.78 Å². The maximum atomic E-state index is 12.9. The molecule has 1 N–H and O–H groups in total. The van der Waals surface area contributed by atoms with E-state index in [1.807, 2.05) is 0 Å². The van der Waals surface area contributed by atoms with E-state index in [-0.39, 0.29) is 23.4 Å². The number of esters is 2. The molecule has 1 heterocycles. The van der Waals surface area contributed by atoms with Crippen molar-refractivity contribution in [3.63, 3.8) is 0 Å². The number of carbonyl (C=O) groups is 3. The fourth-order valence-corrected chi connectivity index (χ4v) is 2.59. The number of ether oxygens (including phenoxy) is 2. The summed E-state index contributed by atoms with van der Waals surface area (Å²) in [5.41, 5.74) is 1.47. The fourth-order valence-electron chi connectivity index (χ4n) is 2.59. The average Bonchev–Trinajstić information content (AvgIpc) is 2.89. The number of ketones is 1. The molecule has 1 aromatic heterocycles. The summed E-state index contributed by atoms with van der Waals surface area (Å²) in [6.07, 6.45) is -1.07. The topological polar surface area (TPSA) is 85.5 Å². The molecule has 0 bridgehead atoms. The van der Waals surface area contributed by atoms with Gasteiger partial charge in [0, 0.05) is 11.3 Å². The summed E-state index contributed by atoms with van der Waals surface area (Å²) in [4.78, 5) is 39.5. The van der Waals surface area contributed by atoms with Crippen LogP contribution in [0, 0.1) is 19.7 Å². The van der Waals surface area contributed by atoms with E-state index in [1.165, 1.54) is 19.1 Å². The first-order valence-electron chi connectivity index (χ1n) is 8.13. The summed E-state index contributed by atoms with van der Waals surface area (Å²) >= 11 is 0. The van der Waals surface area contributed by atoms with E-state index in [1.54, 1.807) is 20.8 Å². The molecule has 0 aliphatic carbocycles. The van der Waals surface area contributed by atoms with Crippen molar-refractivity contribution in [1.82, 2.24) is 4.98 Å². The maximum Gasteiger partial charge on any atom is 0.355 e. The van der Waals surface area contributed by atoms with E-state index in [0.717, 1.165) is 12.1 Å². The third kappa shape index (κ3) is 3.99. The lowest BCUT2D eigenvalue weighted by atomic mass is 10.1. The molecular weight excluding hydrogens is 341 g/mol. The summed E-state index contributed by atoms with van der Waals surface area (Å²) in [7, 11) is 0. The molecule has 7 heteroatoms. The first kappa shape index (κ1) is 19.4. The Kier molecular flexibility index (Phi) is 5.92. The number of hydrogen-bond donors (Lipinski definition) is 1. The summed E-state index contributed by atoms with van der Waals surface area (Å²) in [5.74, 6) is -2.21. The standard InChI is InChI=1S/C19H20FNO5/c1-5-25-18(23)15-10(2)16(21-11(15)3)19(24)26-12(4)17(22)13-6-8-14(20)9-7-13/h6-9,12,21H,5H2,1-4H3/t12-/m1/s1. The average molecular weight is 361 g/mol. The molecule has 0 spiro atoms. The SMILES string of the molecule is CCOC(=O)c1c(C)[nH]c(C(=O)O[C@H](C)C(=O)c2ccc(F)cc2)c1C. The maximum absolute atomic E-state index is 12.9. The summed E-state index contributed by atoms with van der Waals surface area (Å²) in [5, 5.41) is 0. The lowest BCUT2D eigenvalue weighted by Gasteiger charge is -2.12. The Morgan fingerprint density at radius 3 is 2.31 bits per heavy atom. The van der Waals surface area contributed by atoms with Crippen molar-refractivity contribution in [2.75, 3.05) is 6.61 Å². The van der Waals surface area contributed by atoms with Crippen molar-refractivity contribution in [2.45, 2.75) is 33.8 Å². The molecule has 1 aromatic carbocycles. The number of rotatable bonds is 6. The zero-order chi connectivity index (χ0) is 19.4. The lowest BCUT2D eigenvalue weighted by molar-refractivity contribution is 0.0313. The minimum Gasteiger partial charge on any atom is -0.462 e. The number of aromatic amines is 1. The molecule has 1 atom stereocenters. The van der Waals surface area contributed by atoms with Gasteiger partial charge in [-0.1, -0.05) is 0 Å². The molecule has 0 saturated heterocycles. The molecule has 138 valence electrons. The second-order valence-electron chi connectivity index (χ2n) is 5.76. The Labute approximate surface area is 150 Å². The van der Waals surface area contributed by atoms with Crippen LogP contribution in [0.2, 0.25) is 0 Å². The Morgan fingerprint density at radius 1 is 1.12 bits per heavy atom. The van der Waals surface area contributed by atoms with Crippen LogP contribution >= 0.6 is 0 Å². The third-order valence-corrected chi connectivity index (χ3v) is 3.90. The number of aromatic nitrogens is 1. The smallest absolute Gasteiger partial charge is 0.355 e.